The summed E-state index contributed by atoms with van der Waals surface area (Å²) < 4.78 is 43.8. The Morgan fingerprint density at radius 1 is 1.00 bits per heavy atom. The minimum absolute atomic E-state index is 0.102. The van der Waals surface area contributed by atoms with E-state index >= 15 is 0 Å². The van der Waals surface area contributed by atoms with Gasteiger partial charge in [-0.05, 0) is 36.4 Å². The molecule has 3 rings (SSSR count). The van der Waals surface area contributed by atoms with Gasteiger partial charge >= 0.3 is 6.18 Å². The normalized spacial score (nSPS) is 10.9. The average Bonchev–Trinajstić information content (AvgIpc) is 2.57. The molecule has 1 aromatic heterocycles. The van der Waals surface area contributed by atoms with E-state index in [4.69, 9.17) is 10.5 Å². The topological polar surface area (TPSA) is 48.1 Å². The van der Waals surface area contributed by atoms with Gasteiger partial charge in [-0.2, -0.15) is 13.2 Å². The lowest BCUT2D eigenvalue weighted by Crippen LogP contribution is -2.04. The molecule has 0 saturated carbocycles. The smallest absolute Gasteiger partial charge is 0.416 e. The van der Waals surface area contributed by atoms with Gasteiger partial charge in [-0.3, -0.25) is 4.98 Å². The molecule has 0 radical (unpaired) electrons. The first-order valence-corrected chi connectivity index (χ1v) is 7.43. The molecule has 3 aromatic rings. The fraction of sp³-hybridized carbons (Fsp3) is 0.167. The molecule has 0 aliphatic heterocycles. The zero-order chi connectivity index (χ0) is 17.7. The molecule has 24 heavy (non-hydrogen) atoms. The van der Waals surface area contributed by atoms with Crippen LogP contribution in [0.5, 0.6) is 11.5 Å². The summed E-state index contributed by atoms with van der Waals surface area (Å²) in [7, 11) is 0. The minimum atomic E-state index is -4.41. The van der Waals surface area contributed by atoms with Crippen LogP contribution in [0.15, 0.2) is 54.7 Å². The number of para-hydroxylation sites is 1. The quantitative estimate of drug-likeness (QED) is 0.616. The molecule has 0 bridgehead atoms. The van der Waals surface area contributed by atoms with E-state index in [0.717, 1.165) is 12.1 Å². The largest absolute Gasteiger partial charge is 0.457 e. The van der Waals surface area contributed by atoms with Gasteiger partial charge in [0.1, 0.15) is 11.5 Å². The number of rotatable bonds is 2. The second kappa shape index (κ2) is 7.21. The van der Waals surface area contributed by atoms with Crippen molar-refractivity contribution in [2.24, 2.45) is 0 Å². The second-order valence-electron chi connectivity index (χ2n) is 4.68. The van der Waals surface area contributed by atoms with Crippen molar-refractivity contribution in [3.63, 3.8) is 0 Å². The highest BCUT2D eigenvalue weighted by atomic mass is 19.4. The molecule has 0 fully saturated rings. The summed E-state index contributed by atoms with van der Waals surface area (Å²) in [5.41, 5.74) is 6.10. The third-order valence-electron chi connectivity index (χ3n) is 3.15. The van der Waals surface area contributed by atoms with E-state index in [9.17, 15) is 13.2 Å². The number of halogens is 3. The van der Waals surface area contributed by atoms with Crippen LogP contribution in [0.3, 0.4) is 0 Å². The number of hydrogen-bond acceptors (Lipinski definition) is 3. The number of nitrogens with two attached hydrogens (primary N) is 1. The van der Waals surface area contributed by atoms with Crippen molar-refractivity contribution in [2.75, 3.05) is 5.73 Å². The number of ether oxygens (including phenoxy) is 1. The number of alkyl halides is 3. The Kier molecular flexibility index (Phi) is 5.28. The summed E-state index contributed by atoms with van der Waals surface area (Å²) in [6.45, 7) is 4.00. The minimum Gasteiger partial charge on any atom is -0.457 e. The highest BCUT2D eigenvalue weighted by Crippen LogP contribution is 2.34. The Morgan fingerprint density at radius 2 is 1.71 bits per heavy atom. The Morgan fingerprint density at radius 3 is 2.42 bits per heavy atom. The van der Waals surface area contributed by atoms with Gasteiger partial charge in [0.15, 0.2) is 0 Å². The molecule has 2 N–H and O–H groups in total. The van der Waals surface area contributed by atoms with E-state index in [1.165, 1.54) is 18.3 Å². The maximum absolute atomic E-state index is 12.7. The fourth-order valence-electron chi connectivity index (χ4n) is 2.13. The van der Waals surface area contributed by atoms with E-state index in [1.54, 1.807) is 24.3 Å². The van der Waals surface area contributed by atoms with Crippen LogP contribution in [-0.2, 0) is 6.18 Å². The van der Waals surface area contributed by atoms with Crippen LogP contribution >= 0.6 is 0 Å². The maximum atomic E-state index is 12.7. The van der Waals surface area contributed by atoms with Crippen molar-refractivity contribution in [1.82, 2.24) is 4.98 Å². The van der Waals surface area contributed by atoms with Gasteiger partial charge in [-0.1, -0.05) is 26.0 Å². The molecule has 0 spiro atoms. The molecule has 126 valence electrons. The van der Waals surface area contributed by atoms with Gasteiger partial charge < -0.3 is 10.5 Å². The second-order valence-corrected chi connectivity index (χ2v) is 4.68. The lowest BCUT2D eigenvalue weighted by molar-refractivity contribution is -0.137. The molecule has 0 atom stereocenters. The van der Waals surface area contributed by atoms with Gasteiger partial charge in [0.05, 0.1) is 16.8 Å². The van der Waals surface area contributed by atoms with Crippen molar-refractivity contribution >= 4 is 16.6 Å². The molecule has 0 unspecified atom stereocenters. The third kappa shape index (κ3) is 3.76. The highest BCUT2D eigenvalue weighted by Gasteiger charge is 2.30. The molecule has 0 saturated heterocycles. The molecular formula is C18H17F3N2O. The summed E-state index contributed by atoms with van der Waals surface area (Å²) in [5, 5.41) is 0.639. The predicted molar refractivity (Wildman–Crippen MR) is 89.0 cm³/mol. The molecule has 6 heteroatoms. The highest BCUT2D eigenvalue weighted by molar-refractivity contribution is 5.93. The Bertz CT molecular complexity index is 832. The first-order chi connectivity index (χ1) is 11.4. The Balaban J connectivity index is 0.00000100. The van der Waals surface area contributed by atoms with Gasteiger partial charge in [0, 0.05) is 11.6 Å². The molecule has 0 aliphatic rings. The molecular weight excluding hydrogens is 317 g/mol. The standard InChI is InChI=1S/C16H11F3N2O.C2H6/c17-16(18,19)10-3-1-4-11(9-10)22-14-7-8-21-15-12(14)5-2-6-13(15)20;1-2/h1-9H,20H2;1-2H3. The number of fused-ring (bicyclic) bond motifs is 1. The SMILES string of the molecule is CC.Nc1cccc2c(Oc3cccc(C(F)(F)F)c3)ccnc12. The summed E-state index contributed by atoms with van der Waals surface area (Å²) in [4.78, 5) is 4.15. The van der Waals surface area contributed by atoms with Crippen LogP contribution in [0.25, 0.3) is 10.9 Å². The number of hydrogen-bond donors (Lipinski definition) is 1. The third-order valence-corrected chi connectivity index (χ3v) is 3.15. The molecule has 0 amide bonds. The first kappa shape index (κ1) is 17.6. The number of aromatic nitrogens is 1. The van der Waals surface area contributed by atoms with Gasteiger partial charge in [0.2, 0.25) is 0 Å². The Labute approximate surface area is 137 Å². The van der Waals surface area contributed by atoms with Crippen LogP contribution in [0, 0.1) is 0 Å². The van der Waals surface area contributed by atoms with E-state index in [1.807, 2.05) is 13.8 Å². The van der Waals surface area contributed by atoms with Gasteiger partial charge in [-0.15, -0.1) is 0 Å². The number of benzene rings is 2. The van der Waals surface area contributed by atoms with Gasteiger partial charge in [-0.25, -0.2) is 0 Å². The van der Waals surface area contributed by atoms with Crippen LogP contribution < -0.4 is 10.5 Å². The maximum Gasteiger partial charge on any atom is 0.416 e. The Hall–Kier alpha value is -2.76. The lowest BCUT2D eigenvalue weighted by Gasteiger charge is -2.11. The first-order valence-electron chi connectivity index (χ1n) is 7.43. The zero-order valence-electron chi connectivity index (χ0n) is 13.3. The number of nitrogens with zero attached hydrogens (tertiary/aromatic N) is 1. The van der Waals surface area contributed by atoms with E-state index in [0.29, 0.717) is 22.3 Å². The number of nitrogen functional groups attached to an aromatic ring is 1. The van der Waals surface area contributed by atoms with Gasteiger partial charge in [0.25, 0.3) is 0 Å². The summed E-state index contributed by atoms with van der Waals surface area (Å²) >= 11 is 0. The molecule has 2 aromatic carbocycles. The monoisotopic (exact) mass is 334 g/mol. The fourth-order valence-corrected chi connectivity index (χ4v) is 2.13. The van der Waals surface area contributed by atoms with Crippen molar-refractivity contribution in [3.05, 3.63) is 60.3 Å². The summed E-state index contributed by atoms with van der Waals surface area (Å²) in [6.07, 6.45) is -2.91. The number of pyridine rings is 1. The van der Waals surface area contributed by atoms with E-state index < -0.39 is 11.7 Å². The predicted octanol–water partition coefficient (Wildman–Crippen LogP) is 5.65. The number of anilines is 1. The van der Waals surface area contributed by atoms with Crippen molar-refractivity contribution in [2.45, 2.75) is 20.0 Å². The zero-order valence-corrected chi connectivity index (χ0v) is 13.3. The molecule has 0 aliphatic carbocycles. The lowest BCUT2D eigenvalue weighted by atomic mass is 10.1. The van der Waals surface area contributed by atoms with Crippen molar-refractivity contribution in [1.29, 1.82) is 0 Å². The van der Waals surface area contributed by atoms with Crippen LogP contribution in [-0.4, -0.2) is 4.98 Å². The average molecular weight is 334 g/mol. The summed E-state index contributed by atoms with van der Waals surface area (Å²) in [5.74, 6) is 0.501. The van der Waals surface area contributed by atoms with E-state index in [2.05, 4.69) is 4.98 Å². The van der Waals surface area contributed by atoms with Crippen molar-refractivity contribution in [3.8, 4) is 11.5 Å². The summed E-state index contributed by atoms with van der Waals surface area (Å²) in [6, 6.07) is 11.5. The molecule has 1 heterocycles. The molecule has 3 nitrogen and oxygen atoms in total. The van der Waals surface area contributed by atoms with Crippen molar-refractivity contribution < 1.29 is 17.9 Å². The van der Waals surface area contributed by atoms with Crippen LogP contribution in [0.4, 0.5) is 18.9 Å². The van der Waals surface area contributed by atoms with E-state index in [-0.39, 0.29) is 5.75 Å². The van der Waals surface area contributed by atoms with Crippen LogP contribution in [0.2, 0.25) is 0 Å². The van der Waals surface area contributed by atoms with Crippen LogP contribution in [0.1, 0.15) is 19.4 Å².